The van der Waals surface area contributed by atoms with Crippen LogP contribution in [-0.4, -0.2) is 50.4 Å². The molecule has 0 unspecified atom stereocenters. The summed E-state index contributed by atoms with van der Waals surface area (Å²) >= 11 is 0. The average Bonchev–Trinajstić information content (AvgIpc) is 2.65. The van der Waals surface area contributed by atoms with Gasteiger partial charge in [0, 0.05) is 5.69 Å². The molecule has 8 nitrogen and oxygen atoms in total. The fraction of sp³-hybridized carbons (Fsp3) is 0.176. The third-order valence-electron chi connectivity index (χ3n) is 3.59. The van der Waals surface area contributed by atoms with Crippen molar-refractivity contribution in [3.8, 4) is 11.5 Å². The molecule has 3 N–H and O–H groups in total. The van der Waals surface area contributed by atoms with E-state index in [0.717, 1.165) is 0 Å². The van der Waals surface area contributed by atoms with Crippen molar-refractivity contribution in [2.24, 2.45) is 0 Å². The van der Waals surface area contributed by atoms with Crippen molar-refractivity contribution >= 4 is 30.1 Å². The second-order valence-electron chi connectivity index (χ2n) is 5.20. The SMILES string of the molecule is COC(=O)c1cc(NC(=O)c2c(OC)cccc2OC)cc(B(O)O)c1. The van der Waals surface area contributed by atoms with Gasteiger partial charge in [-0.1, -0.05) is 6.07 Å². The molecule has 0 fully saturated rings. The molecule has 0 radical (unpaired) electrons. The van der Waals surface area contributed by atoms with E-state index in [1.54, 1.807) is 18.2 Å². The number of hydrogen-bond donors (Lipinski definition) is 3. The minimum Gasteiger partial charge on any atom is -0.496 e. The first-order chi connectivity index (χ1) is 12.4. The van der Waals surface area contributed by atoms with Gasteiger partial charge in [0.1, 0.15) is 17.1 Å². The van der Waals surface area contributed by atoms with Crippen molar-refractivity contribution in [3.63, 3.8) is 0 Å². The summed E-state index contributed by atoms with van der Waals surface area (Å²) in [7, 11) is 2.21. The maximum absolute atomic E-state index is 12.7. The molecular weight excluding hydrogens is 341 g/mol. The lowest BCUT2D eigenvalue weighted by atomic mass is 9.79. The van der Waals surface area contributed by atoms with Gasteiger partial charge in [-0.15, -0.1) is 0 Å². The Kier molecular flexibility index (Phi) is 6.21. The van der Waals surface area contributed by atoms with Crippen LogP contribution in [0, 0.1) is 0 Å². The van der Waals surface area contributed by atoms with Gasteiger partial charge in [0.05, 0.1) is 26.9 Å². The fourth-order valence-electron chi connectivity index (χ4n) is 2.38. The Hall–Kier alpha value is -3.04. The summed E-state index contributed by atoms with van der Waals surface area (Å²) in [6, 6.07) is 8.83. The van der Waals surface area contributed by atoms with Gasteiger partial charge < -0.3 is 29.6 Å². The highest BCUT2D eigenvalue weighted by atomic mass is 16.5. The number of rotatable bonds is 6. The number of esters is 1. The summed E-state index contributed by atoms with van der Waals surface area (Å²) in [4.78, 5) is 24.5. The van der Waals surface area contributed by atoms with Crippen LogP contribution in [0.3, 0.4) is 0 Å². The Morgan fingerprint density at radius 1 is 1.00 bits per heavy atom. The predicted molar refractivity (Wildman–Crippen MR) is 95.1 cm³/mol. The molecule has 2 aromatic carbocycles. The first-order valence-electron chi connectivity index (χ1n) is 7.53. The Labute approximate surface area is 150 Å². The van der Waals surface area contributed by atoms with E-state index in [1.807, 2.05) is 0 Å². The number of nitrogens with one attached hydrogen (secondary N) is 1. The monoisotopic (exact) mass is 359 g/mol. The predicted octanol–water partition coefficient (Wildman–Crippen LogP) is 0.422. The zero-order valence-electron chi connectivity index (χ0n) is 14.5. The number of anilines is 1. The number of hydrogen-bond acceptors (Lipinski definition) is 7. The lowest BCUT2D eigenvalue weighted by molar-refractivity contribution is 0.0600. The van der Waals surface area contributed by atoms with E-state index in [-0.39, 0.29) is 22.3 Å². The highest BCUT2D eigenvalue weighted by Crippen LogP contribution is 2.29. The van der Waals surface area contributed by atoms with Crippen LogP contribution in [0.1, 0.15) is 20.7 Å². The molecule has 0 aliphatic heterocycles. The second-order valence-corrected chi connectivity index (χ2v) is 5.20. The molecule has 0 aliphatic carbocycles. The van der Waals surface area contributed by atoms with E-state index >= 15 is 0 Å². The third-order valence-corrected chi connectivity index (χ3v) is 3.59. The molecule has 1 amide bonds. The van der Waals surface area contributed by atoms with Crippen molar-refractivity contribution in [1.82, 2.24) is 0 Å². The van der Waals surface area contributed by atoms with Gasteiger partial charge in [0.15, 0.2) is 0 Å². The second kappa shape index (κ2) is 8.37. The molecule has 0 heterocycles. The van der Waals surface area contributed by atoms with Crippen LogP contribution in [0.15, 0.2) is 36.4 Å². The molecule has 0 bridgehead atoms. The Morgan fingerprint density at radius 3 is 2.12 bits per heavy atom. The van der Waals surface area contributed by atoms with Crippen LogP contribution in [0.4, 0.5) is 5.69 Å². The Bertz CT molecular complexity index is 801. The van der Waals surface area contributed by atoms with Crippen molar-refractivity contribution in [2.75, 3.05) is 26.6 Å². The van der Waals surface area contributed by atoms with E-state index in [2.05, 4.69) is 10.1 Å². The average molecular weight is 359 g/mol. The zero-order chi connectivity index (χ0) is 19.3. The van der Waals surface area contributed by atoms with Crippen LogP contribution in [-0.2, 0) is 4.74 Å². The first kappa shape index (κ1) is 19.3. The number of benzene rings is 2. The minimum absolute atomic E-state index is 0.0233. The lowest BCUT2D eigenvalue weighted by Gasteiger charge is -2.14. The molecule has 0 aromatic heterocycles. The molecule has 2 rings (SSSR count). The van der Waals surface area contributed by atoms with Gasteiger partial charge in [-0.2, -0.15) is 0 Å². The van der Waals surface area contributed by atoms with Crippen LogP contribution < -0.4 is 20.3 Å². The number of carbonyl (C=O) groups excluding carboxylic acids is 2. The maximum Gasteiger partial charge on any atom is 0.488 e. The fourth-order valence-corrected chi connectivity index (χ4v) is 2.38. The van der Waals surface area contributed by atoms with E-state index in [1.165, 1.54) is 39.5 Å². The van der Waals surface area contributed by atoms with Crippen molar-refractivity contribution in [1.29, 1.82) is 0 Å². The van der Waals surface area contributed by atoms with Crippen molar-refractivity contribution in [3.05, 3.63) is 47.5 Å². The van der Waals surface area contributed by atoms with E-state index in [4.69, 9.17) is 9.47 Å². The van der Waals surface area contributed by atoms with Crippen LogP contribution in [0.5, 0.6) is 11.5 Å². The third kappa shape index (κ3) is 4.13. The van der Waals surface area contributed by atoms with Crippen LogP contribution in [0.25, 0.3) is 0 Å². The summed E-state index contributed by atoms with van der Waals surface area (Å²) in [6.45, 7) is 0. The zero-order valence-corrected chi connectivity index (χ0v) is 14.5. The van der Waals surface area contributed by atoms with Gasteiger partial charge in [-0.25, -0.2) is 4.79 Å². The highest BCUT2D eigenvalue weighted by molar-refractivity contribution is 6.58. The van der Waals surface area contributed by atoms with Crippen LogP contribution >= 0.6 is 0 Å². The molecule has 136 valence electrons. The van der Waals surface area contributed by atoms with Gasteiger partial charge in [0.25, 0.3) is 5.91 Å². The molecule has 0 aliphatic rings. The van der Waals surface area contributed by atoms with E-state index in [0.29, 0.717) is 11.5 Å². The molecule has 0 spiro atoms. The quantitative estimate of drug-likeness (QED) is 0.506. The Morgan fingerprint density at radius 2 is 1.62 bits per heavy atom. The highest BCUT2D eigenvalue weighted by Gasteiger charge is 2.21. The van der Waals surface area contributed by atoms with E-state index in [9.17, 15) is 19.6 Å². The van der Waals surface area contributed by atoms with E-state index < -0.39 is 19.0 Å². The number of amides is 1. The summed E-state index contributed by atoms with van der Waals surface area (Å²) in [6.07, 6.45) is 0. The molecule has 0 saturated carbocycles. The standard InChI is InChI=1S/C17H18BNO7/c1-24-13-5-4-6-14(25-2)15(13)16(20)19-12-8-10(17(21)26-3)7-11(9-12)18(22)23/h4-9,22-23H,1-3H3,(H,19,20). The van der Waals surface area contributed by atoms with Crippen molar-refractivity contribution < 1.29 is 33.8 Å². The Balaban J connectivity index is 2.43. The summed E-state index contributed by atoms with van der Waals surface area (Å²) in [5.74, 6) is -0.639. The summed E-state index contributed by atoms with van der Waals surface area (Å²) in [5, 5.41) is 21.4. The number of ether oxygens (including phenoxy) is 3. The number of carbonyl (C=O) groups is 2. The molecule has 26 heavy (non-hydrogen) atoms. The normalized spacial score (nSPS) is 10.0. The molecule has 0 saturated heterocycles. The minimum atomic E-state index is -1.82. The van der Waals surface area contributed by atoms with Crippen LogP contribution in [0.2, 0.25) is 0 Å². The smallest absolute Gasteiger partial charge is 0.488 e. The lowest BCUT2D eigenvalue weighted by Crippen LogP contribution is -2.31. The molecule has 2 aromatic rings. The maximum atomic E-state index is 12.7. The van der Waals surface area contributed by atoms with Gasteiger partial charge >= 0.3 is 13.1 Å². The molecule has 9 heteroatoms. The van der Waals surface area contributed by atoms with Crippen molar-refractivity contribution in [2.45, 2.75) is 0 Å². The van der Waals surface area contributed by atoms with Gasteiger partial charge in [-0.3, -0.25) is 4.79 Å². The first-order valence-corrected chi connectivity index (χ1v) is 7.53. The van der Waals surface area contributed by atoms with Gasteiger partial charge in [-0.05, 0) is 35.8 Å². The topological polar surface area (TPSA) is 114 Å². The summed E-state index contributed by atoms with van der Waals surface area (Å²) in [5.41, 5.74) is 0.414. The van der Waals surface area contributed by atoms with Gasteiger partial charge in [0.2, 0.25) is 0 Å². The summed E-state index contributed by atoms with van der Waals surface area (Å²) < 4.78 is 15.0. The largest absolute Gasteiger partial charge is 0.496 e. The number of methoxy groups -OCH3 is 3. The molecule has 0 atom stereocenters. The molecular formula is C17H18BNO7.